The van der Waals surface area contributed by atoms with Crippen LogP contribution in [0.25, 0.3) is 0 Å². The van der Waals surface area contributed by atoms with Crippen LogP contribution in [-0.4, -0.2) is 48.4 Å². The van der Waals surface area contributed by atoms with Gasteiger partial charge in [0.05, 0.1) is 0 Å². The summed E-state index contributed by atoms with van der Waals surface area (Å²) in [6, 6.07) is 6.35. The summed E-state index contributed by atoms with van der Waals surface area (Å²) in [5, 5.41) is 0. The van der Waals surface area contributed by atoms with Gasteiger partial charge in [0.25, 0.3) is 5.91 Å². The highest BCUT2D eigenvalue weighted by Gasteiger charge is 2.26. The summed E-state index contributed by atoms with van der Waals surface area (Å²) in [5.74, 6) is 0.155. The molecular formula is C17H25N3O. The fourth-order valence-corrected chi connectivity index (χ4v) is 3.57. The number of likely N-dealkylation sites (tertiary alicyclic amines) is 1. The van der Waals surface area contributed by atoms with E-state index in [1.165, 1.54) is 25.8 Å². The summed E-state index contributed by atoms with van der Waals surface area (Å²) in [6.45, 7) is 2.90. The largest absolute Gasteiger partial charge is 0.399 e. The number of hydrogen-bond donors (Lipinski definition) is 1. The molecule has 4 heteroatoms. The van der Waals surface area contributed by atoms with Crippen LogP contribution in [-0.2, 0) is 6.42 Å². The topological polar surface area (TPSA) is 49.6 Å². The van der Waals surface area contributed by atoms with Crippen molar-refractivity contribution >= 4 is 11.6 Å². The predicted octanol–water partition coefficient (Wildman–Crippen LogP) is 2.14. The highest BCUT2D eigenvalue weighted by Crippen LogP contribution is 2.23. The molecule has 2 N–H and O–H groups in total. The lowest BCUT2D eigenvalue weighted by molar-refractivity contribution is 0.0710. The summed E-state index contributed by atoms with van der Waals surface area (Å²) < 4.78 is 0. The summed E-state index contributed by atoms with van der Waals surface area (Å²) >= 11 is 0. The van der Waals surface area contributed by atoms with Crippen molar-refractivity contribution in [1.82, 2.24) is 9.80 Å². The van der Waals surface area contributed by atoms with Crippen molar-refractivity contribution in [2.75, 3.05) is 32.4 Å². The van der Waals surface area contributed by atoms with E-state index in [1.54, 1.807) is 0 Å². The number of piperidine rings is 1. The van der Waals surface area contributed by atoms with Gasteiger partial charge in [-0.15, -0.1) is 0 Å². The standard InChI is InChI=1S/C17H25N3O/c1-19-9-3-2-4-15(19)8-11-20-10-7-13-5-6-14(18)12-16(13)17(20)21/h5-6,12,15H,2-4,7-11,18H2,1H3. The first-order valence-electron chi connectivity index (χ1n) is 8.03. The Kier molecular flexibility index (Phi) is 4.15. The molecule has 1 atom stereocenters. The zero-order chi connectivity index (χ0) is 14.8. The molecule has 0 aliphatic carbocycles. The molecule has 1 aromatic rings. The molecular weight excluding hydrogens is 262 g/mol. The van der Waals surface area contributed by atoms with Crippen LogP contribution in [0.1, 0.15) is 41.6 Å². The second kappa shape index (κ2) is 6.06. The molecule has 0 spiro atoms. The molecule has 21 heavy (non-hydrogen) atoms. The number of amides is 1. The van der Waals surface area contributed by atoms with E-state index in [9.17, 15) is 4.79 Å². The minimum Gasteiger partial charge on any atom is -0.399 e. The number of nitrogen functional groups attached to an aromatic ring is 1. The third-order valence-electron chi connectivity index (χ3n) is 4.96. The molecule has 114 valence electrons. The van der Waals surface area contributed by atoms with Crippen molar-refractivity contribution in [2.45, 2.75) is 38.1 Å². The van der Waals surface area contributed by atoms with Crippen LogP contribution in [0.4, 0.5) is 5.69 Å². The average Bonchev–Trinajstić information content (AvgIpc) is 2.49. The Morgan fingerprint density at radius 3 is 2.95 bits per heavy atom. The molecule has 0 radical (unpaired) electrons. The van der Waals surface area contributed by atoms with Crippen LogP contribution in [0, 0.1) is 0 Å². The number of carbonyl (C=O) groups is 1. The number of fused-ring (bicyclic) bond motifs is 1. The maximum atomic E-state index is 12.6. The number of anilines is 1. The number of nitrogens with zero attached hydrogens (tertiary/aromatic N) is 2. The molecule has 1 amide bonds. The Morgan fingerprint density at radius 2 is 2.14 bits per heavy atom. The van der Waals surface area contributed by atoms with Crippen LogP contribution in [0.2, 0.25) is 0 Å². The number of rotatable bonds is 3. The molecule has 3 rings (SSSR count). The fraction of sp³-hybridized carbons (Fsp3) is 0.588. The number of nitrogens with two attached hydrogens (primary N) is 1. The number of benzene rings is 1. The summed E-state index contributed by atoms with van der Waals surface area (Å²) in [6.07, 6.45) is 5.93. The minimum absolute atomic E-state index is 0.155. The lowest BCUT2D eigenvalue weighted by atomic mass is 9.96. The van der Waals surface area contributed by atoms with E-state index in [2.05, 4.69) is 11.9 Å². The lowest BCUT2D eigenvalue weighted by Gasteiger charge is -2.35. The molecule has 0 aromatic heterocycles. The second-order valence-electron chi connectivity index (χ2n) is 6.38. The molecule has 1 unspecified atom stereocenters. The predicted molar refractivity (Wildman–Crippen MR) is 85.3 cm³/mol. The Bertz CT molecular complexity index is 529. The minimum atomic E-state index is 0.155. The summed E-state index contributed by atoms with van der Waals surface area (Å²) in [5.41, 5.74) is 8.44. The van der Waals surface area contributed by atoms with E-state index < -0.39 is 0 Å². The Hall–Kier alpha value is -1.55. The van der Waals surface area contributed by atoms with Gasteiger partial charge >= 0.3 is 0 Å². The lowest BCUT2D eigenvalue weighted by Crippen LogP contribution is -2.42. The van der Waals surface area contributed by atoms with E-state index in [-0.39, 0.29) is 5.91 Å². The quantitative estimate of drug-likeness (QED) is 0.867. The van der Waals surface area contributed by atoms with Crippen LogP contribution < -0.4 is 5.73 Å². The molecule has 1 fully saturated rings. The van der Waals surface area contributed by atoms with Gasteiger partial charge in [-0.05, 0) is 57.0 Å². The third kappa shape index (κ3) is 3.05. The van der Waals surface area contributed by atoms with Gasteiger partial charge in [0.2, 0.25) is 0 Å². The van der Waals surface area contributed by atoms with E-state index in [1.807, 2.05) is 23.1 Å². The summed E-state index contributed by atoms with van der Waals surface area (Å²) in [7, 11) is 2.21. The monoisotopic (exact) mass is 287 g/mol. The van der Waals surface area contributed by atoms with Crippen LogP contribution in [0.3, 0.4) is 0 Å². The normalized spacial score (nSPS) is 23.2. The van der Waals surface area contributed by atoms with Gasteiger partial charge in [-0.3, -0.25) is 4.79 Å². The van der Waals surface area contributed by atoms with Gasteiger partial charge in [-0.2, -0.15) is 0 Å². The molecule has 2 heterocycles. The maximum Gasteiger partial charge on any atom is 0.254 e. The summed E-state index contributed by atoms with van der Waals surface area (Å²) in [4.78, 5) is 17.0. The Balaban J connectivity index is 1.63. The first-order valence-corrected chi connectivity index (χ1v) is 8.03. The zero-order valence-electron chi connectivity index (χ0n) is 12.8. The van der Waals surface area contributed by atoms with Crippen LogP contribution in [0.5, 0.6) is 0 Å². The molecule has 1 aromatic carbocycles. The van der Waals surface area contributed by atoms with Crippen molar-refractivity contribution in [3.63, 3.8) is 0 Å². The second-order valence-corrected chi connectivity index (χ2v) is 6.38. The van der Waals surface area contributed by atoms with Gasteiger partial charge in [0, 0.05) is 30.4 Å². The first kappa shape index (κ1) is 14.4. The van der Waals surface area contributed by atoms with Gasteiger partial charge in [-0.25, -0.2) is 0 Å². The van der Waals surface area contributed by atoms with Gasteiger partial charge < -0.3 is 15.5 Å². The van der Waals surface area contributed by atoms with Gasteiger partial charge in [0.15, 0.2) is 0 Å². The van der Waals surface area contributed by atoms with Crippen molar-refractivity contribution < 1.29 is 4.79 Å². The van der Waals surface area contributed by atoms with Crippen molar-refractivity contribution in [3.05, 3.63) is 29.3 Å². The smallest absolute Gasteiger partial charge is 0.254 e. The highest BCUT2D eigenvalue weighted by molar-refractivity contribution is 5.97. The van der Waals surface area contributed by atoms with Crippen molar-refractivity contribution in [3.8, 4) is 0 Å². The first-order chi connectivity index (χ1) is 10.1. The van der Waals surface area contributed by atoms with Gasteiger partial charge in [-0.1, -0.05) is 12.5 Å². The molecule has 1 saturated heterocycles. The van der Waals surface area contributed by atoms with Crippen molar-refractivity contribution in [1.29, 1.82) is 0 Å². The van der Waals surface area contributed by atoms with E-state index >= 15 is 0 Å². The Morgan fingerprint density at radius 1 is 1.29 bits per heavy atom. The van der Waals surface area contributed by atoms with E-state index in [0.29, 0.717) is 11.7 Å². The average molecular weight is 287 g/mol. The van der Waals surface area contributed by atoms with E-state index in [0.717, 1.165) is 37.1 Å². The highest BCUT2D eigenvalue weighted by atomic mass is 16.2. The number of carbonyl (C=O) groups excluding carboxylic acids is 1. The molecule has 0 bridgehead atoms. The third-order valence-corrected chi connectivity index (χ3v) is 4.96. The molecule has 0 saturated carbocycles. The molecule has 4 nitrogen and oxygen atoms in total. The molecule has 2 aliphatic rings. The number of hydrogen-bond acceptors (Lipinski definition) is 3. The zero-order valence-corrected chi connectivity index (χ0v) is 12.8. The van der Waals surface area contributed by atoms with E-state index in [4.69, 9.17) is 5.73 Å². The Labute approximate surface area is 126 Å². The SMILES string of the molecule is CN1CCCCC1CCN1CCc2ccc(N)cc2C1=O. The maximum absolute atomic E-state index is 12.6. The molecule has 2 aliphatic heterocycles. The van der Waals surface area contributed by atoms with Gasteiger partial charge in [0.1, 0.15) is 0 Å². The van der Waals surface area contributed by atoms with Crippen LogP contribution in [0.15, 0.2) is 18.2 Å². The van der Waals surface area contributed by atoms with Crippen molar-refractivity contribution in [2.24, 2.45) is 0 Å². The fourth-order valence-electron chi connectivity index (χ4n) is 3.57. The van der Waals surface area contributed by atoms with Crippen LogP contribution >= 0.6 is 0 Å².